The Morgan fingerprint density at radius 2 is 2.19 bits per heavy atom. The number of hydrogen-bond acceptors (Lipinski definition) is 6. The van der Waals surface area contributed by atoms with Crippen molar-refractivity contribution in [2.75, 3.05) is 17.2 Å². The van der Waals surface area contributed by atoms with Crippen LogP contribution >= 0.6 is 11.6 Å². The first-order chi connectivity index (χ1) is 15.0. The largest absolute Gasteiger partial charge is 0.475 e. The minimum Gasteiger partial charge on any atom is -0.475 e. The molecule has 2 N–H and O–H groups in total. The highest BCUT2D eigenvalue weighted by molar-refractivity contribution is 6.32. The average Bonchev–Trinajstić information content (AvgIpc) is 3.32. The summed E-state index contributed by atoms with van der Waals surface area (Å²) in [5, 5.41) is 11.5. The topological polar surface area (TPSA) is 98.9 Å². The molecule has 4 rings (SSSR count). The summed E-state index contributed by atoms with van der Waals surface area (Å²) in [5.41, 5.74) is 2.20. The lowest BCUT2D eigenvalue weighted by Crippen LogP contribution is -2.07. The van der Waals surface area contributed by atoms with Crippen LogP contribution in [0.2, 0.25) is 5.02 Å². The molecule has 0 radical (unpaired) electrons. The van der Waals surface area contributed by atoms with E-state index in [0.717, 1.165) is 10.9 Å². The Balaban J connectivity index is 1.68. The summed E-state index contributed by atoms with van der Waals surface area (Å²) < 4.78 is 9.05. The molecule has 158 valence electrons. The highest BCUT2D eigenvalue weighted by Crippen LogP contribution is 2.29. The van der Waals surface area contributed by atoms with Gasteiger partial charge in [0.25, 0.3) is 5.88 Å². The molecule has 3 aromatic heterocycles. The van der Waals surface area contributed by atoms with Gasteiger partial charge < -0.3 is 15.4 Å². The van der Waals surface area contributed by atoms with Crippen molar-refractivity contribution in [2.45, 2.75) is 6.92 Å². The van der Waals surface area contributed by atoms with Gasteiger partial charge in [-0.3, -0.25) is 14.0 Å². The van der Waals surface area contributed by atoms with Gasteiger partial charge in [0.2, 0.25) is 11.9 Å². The Labute approximate surface area is 183 Å². The summed E-state index contributed by atoms with van der Waals surface area (Å²) in [6, 6.07) is 7.47. The van der Waals surface area contributed by atoms with Crippen LogP contribution in [0, 0.1) is 0 Å². The van der Waals surface area contributed by atoms with Crippen LogP contribution in [0.15, 0.2) is 55.5 Å². The molecule has 0 aliphatic heterocycles. The molecule has 1 aromatic carbocycles. The molecule has 0 aliphatic rings. The number of anilines is 3. The molecular weight excluding hydrogens is 418 g/mol. The first kappa shape index (κ1) is 20.4. The van der Waals surface area contributed by atoms with Crippen molar-refractivity contribution >= 4 is 45.7 Å². The SMILES string of the molecule is C=CC(=O)Nc1ccc2c(ccn2-c2nc(Nc3cn(C)nc3OCC)ncc2Cl)c1. The Kier molecular flexibility index (Phi) is 5.59. The van der Waals surface area contributed by atoms with Gasteiger partial charge in [0.1, 0.15) is 10.7 Å². The van der Waals surface area contributed by atoms with E-state index >= 15 is 0 Å². The van der Waals surface area contributed by atoms with Crippen molar-refractivity contribution in [1.29, 1.82) is 0 Å². The summed E-state index contributed by atoms with van der Waals surface area (Å²) in [6.45, 7) is 5.84. The van der Waals surface area contributed by atoms with Crippen LogP contribution in [0.1, 0.15) is 6.92 Å². The van der Waals surface area contributed by atoms with Gasteiger partial charge in [0.15, 0.2) is 5.82 Å². The molecular formula is C21H20ClN7O2. The summed E-state index contributed by atoms with van der Waals surface area (Å²) in [6.07, 6.45) is 6.40. The minimum absolute atomic E-state index is 0.268. The molecule has 9 nitrogen and oxygen atoms in total. The van der Waals surface area contributed by atoms with Crippen molar-refractivity contribution in [3.63, 3.8) is 0 Å². The fourth-order valence-electron chi connectivity index (χ4n) is 3.10. The summed E-state index contributed by atoms with van der Waals surface area (Å²) in [5.74, 6) is 1.06. The molecule has 0 unspecified atom stereocenters. The number of carbonyl (C=O) groups excluding carboxylic acids is 1. The molecule has 1 amide bonds. The number of fused-ring (bicyclic) bond motifs is 1. The maximum atomic E-state index is 11.6. The van der Waals surface area contributed by atoms with E-state index in [-0.39, 0.29) is 5.91 Å². The van der Waals surface area contributed by atoms with E-state index in [9.17, 15) is 4.79 Å². The molecule has 4 aromatic rings. The van der Waals surface area contributed by atoms with Crippen molar-refractivity contribution in [1.82, 2.24) is 24.3 Å². The average molecular weight is 438 g/mol. The normalized spacial score (nSPS) is 10.8. The van der Waals surface area contributed by atoms with Crippen molar-refractivity contribution in [3.05, 3.63) is 60.5 Å². The fourth-order valence-corrected chi connectivity index (χ4v) is 3.29. The Bertz CT molecular complexity index is 1280. The summed E-state index contributed by atoms with van der Waals surface area (Å²) >= 11 is 6.41. The van der Waals surface area contributed by atoms with Gasteiger partial charge in [0.05, 0.1) is 24.5 Å². The van der Waals surface area contributed by atoms with Gasteiger partial charge in [0, 0.05) is 24.3 Å². The lowest BCUT2D eigenvalue weighted by Gasteiger charge is -2.10. The molecule has 31 heavy (non-hydrogen) atoms. The van der Waals surface area contributed by atoms with Crippen LogP contribution in [-0.4, -0.2) is 36.8 Å². The van der Waals surface area contributed by atoms with E-state index in [2.05, 4.69) is 32.3 Å². The molecule has 0 saturated carbocycles. The lowest BCUT2D eigenvalue weighted by molar-refractivity contribution is -0.111. The third-order valence-corrected chi connectivity index (χ3v) is 4.69. The van der Waals surface area contributed by atoms with E-state index in [1.165, 1.54) is 12.3 Å². The zero-order valence-corrected chi connectivity index (χ0v) is 17.7. The molecule has 0 saturated heterocycles. The Hall–Kier alpha value is -3.85. The number of benzene rings is 1. The number of ether oxygens (including phenoxy) is 1. The van der Waals surface area contributed by atoms with Gasteiger partial charge in [-0.05, 0) is 37.3 Å². The van der Waals surface area contributed by atoms with E-state index in [1.807, 2.05) is 35.9 Å². The zero-order chi connectivity index (χ0) is 22.0. The first-order valence-electron chi connectivity index (χ1n) is 9.49. The molecule has 3 heterocycles. The summed E-state index contributed by atoms with van der Waals surface area (Å²) in [7, 11) is 1.81. The van der Waals surface area contributed by atoms with Gasteiger partial charge >= 0.3 is 0 Å². The second kappa shape index (κ2) is 8.49. The fraction of sp³-hybridized carbons (Fsp3) is 0.143. The van der Waals surface area contributed by atoms with Crippen LogP contribution in [-0.2, 0) is 11.8 Å². The smallest absolute Gasteiger partial charge is 0.256 e. The molecule has 0 bridgehead atoms. The molecule has 10 heteroatoms. The molecule has 0 fully saturated rings. The second-order valence-electron chi connectivity index (χ2n) is 6.60. The van der Waals surface area contributed by atoms with E-state index in [0.29, 0.717) is 40.7 Å². The quantitative estimate of drug-likeness (QED) is 0.423. The van der Waals surface area contributed by atoms with E-state index in [4.69, 9.17) is 16.3 Å². The van der Waals surface area contributed by atoms with Gasteiger partial charge in [-0.25, -0.2) is 4.98 Å². The lowest BCUT2D eigenvalue weighted by atomic mass is 10.2. The number of amides is 1. The van der Waals surface area contributed by atoms with Gasteiger partial charge in [-0.1, -0.05) is 18.2 Å². The molecule has 0 spiro atoms. The first-order valence-corrected chi connectivity index (χ1v) is 9.87. The number of aryl methyl sites for hydroxylation is 1. The number of nitrogens with zero attached hydrogens (tertiary/aromatic N) is 5. The molecule has 0 atom stereocenters. The maximum absolute atomic E-state index is 11.6. The van der Waals surface area contributed by atoms with Crippen LogP contribution in [0.3, 0.4) is 0 Å². The highest BCUT2D eigenvalue weighted by Gasteiger charge is 2.14. The number of aromatic nitrogens is 5. The number of rotatable bonds is 7. The highest BCUT2D eigenvalue weighted by atomic mass is 35.5. The van der Waals surface area contributed by atoms with E-state index < -0.39 is 0 Å². The van der Waals surface area contributed by atoms with Crippen LogP contribution in [0.5, 0.6) is 5.88 Å². The van der Waals surface area contributed by atoms with Crippen LogP contribution in [0.4, 0.5) is 17.3 Å². The van der Waals surface area contributed by atoms with Crippen LogP contribution in [0.25, 0.3) is 16.7 Å². The number of nitrogens with one attached hydrogen (secondary N) is 2. The van der Waals surface area contributed by atoms with Gasteiger partial charge in [-0.15, -0.1) is 5.10 Å². The number of halogens is 1. The predicted molar refractivity (Wildman–Crippen MR) is 120 cm³/mol. The van der Waals surface area contributed by atoms with Gasteiger partial charge in [-0.2, -0.15) is 4.98 Å². The zero-order valence-electron chi connectivity index (χ0n) is 17.0. The van der Waals surface area contributed by atoms with Crippen molar-refractivity contribution in [3.8, 4) is 11.7 Å². The van der Waals surface area contributed by atoms with Crippen molar-refractivity contribution in [2.24, 2.45) is 7.05 Å². The van der Waals surface area contributed by atoms with E-state index in [1.54, 1.807) is 24.0 Å². The maximum Gasteiger partial charge on any atom is 0.256 e. The third-order valence-electron chi connectivity index (χ3n) is 4.42. The van der Waals surface area contributed by atoms with Crippen molar-refractivity contribution < 1.29 is 9.53 Å². The van der Waals surface area contributed by atoms with Crippen LogP contribution < -0.4 is 15.4 Å². The molecule has 0 aliphatic carbocycles. The number of hydrogen-bond donors (Lipinski definition) is 2. The second-order valence-corrected chi connectivity index (χ2v) is 7.00. The monoisotopic (exact) mass is 437 g/mol. The Morgan fingerprint density at radius 3 is 2.97 bits per heavy atom. The standard InChI is InChI=1S/C21H20ClN7O2/c1-4-18(30)24-14-6-7-17-13(10-14)8-9-29(17)19-15(22)11-23-21(26-19)25-16-12-28(3)27-20(16)31-5-2/h4,6-12H,1,5H2,2-3H3,(H,24,30)(H,23,25,26). The predicted octanol–water partition coefficient (Wildman–Crippen LogP) is 4.07. The summed E-state index contributed by atoms with van der Waals surface area (Å²) in [4.78, 5) is 20.4. The Morgan fingerprint density at radius 1 is 1.35 bits per heavy atom. The minimum atomic E-state index is -0.268. The number of carbonyl (C=O) groups is 1. The third kappa shape index (κ3) is 4.22.